The van der Waals surface area contributed by atoms with Crippen molar-refractivity contribution >= 4 is 33.9 Å². The molecule has 0 aliphatic carbocycles. The van der Waals surface area contributed by atoms with Crippen molar-refractivity contribution < 1.29 is 18.7 Å². The van der Waals surface area contributed by atoms with Gasteiger partial charge in [0.25, 0.3) is 5.91 Å². The third kappa shape index (κ3) is 5.67. The Kier molecular flexibility index (Phi) is 6.61. The van der Waals surface area contributed by atoms with Gasteiger partial charge in [-0.15, -0.1) is 0 Å². The Bertz CT molecular complexity index is 1080. The van der Waals surface area contributed by atoms with Crippen LogP contribution in [0.5, 0.6) is 5.75 Å². The Morgan fingerprint density at radius 3 is 2.59 bits per heavy atom. The normalized spacial score (nSPS) is 10.8. The Labute approximate surface area is 175 Å². The number of nitrogens with one attached hydrogen (secondary N) is 1. The fourth-order valence-corrected chi connectivity index (χ4v) is 2.80. The lowest BCUT2D eigenvalue weighted by Gasteiger charge is -2.05. The molecular weight excluding hydrogens is 436 g/mol. The minimum absolute atomic E-state index is 0.0459. The van der Waals surface area contributed by atoms with Gasteiger partial charge in [-0.05, 0) is 54.1 Å². The molecule has 1 aromatic heterocycles. The summed E-state index contributed by atoms with van der Waals surface area (Å²) in [5, 5.41) is 11.9. The lowest BCUT2D eigenvalue weighted by molar-refractivity contribution is -0.117. The van der Waals surface area contributed by atoms with Crippen LogP contribution in [0.4, 0.5) is 0 Å². The number of esters is 1. The van der Waals surface area contributed by atoms with Crippen LogP contribution in [0.25, 0.3) is 6.08 Å². The molecule has 3 rings (SSSR count). The minimum Gasteiger partial charge on any atom is -0.467 e. The molecule has 1 amide bonds. The standard InChI is InChI=1S/C22H15BrN2O4/c23-18-4-1-3-16(12-18)22(27)29-19-8-6-15(7-9-19)11-17(13-24)21(26)25-14-20-5-2-10-28-20/h1-12H,14H2,(H,25,26)/b17-11+. The van der Waals surface area contributed by atoms with Gasteiger partial charge in [-0.25, -0.2) is 4.79 Å². The third-order valence-electron chi connectivity index (χ3n) is 3.83. The second-order valence-corrected chi connectivity index (χ2v) is 6.82. The highest BCUT2D eigenvalue weighted by Gasteiger charge is 2.11. The van der Waals surface area contributed by atoms with E-state index < -0.39 is 11.9 Å². The van der Waals surface area contributed by atoms with Crippen LogP contribution < -0.4 is 10.1 Å². The molecule has 3 aromatic rings. The first kappa shape index (κ1) is 20.1. The highest BCUT2D eigenvalue weighted by molar-refractivity contribution is 9.10. The zero-order valence-electron chi connectivity index (χ0n) is 15.1. The summed E-state index contributed by atoms with van der Waals surface area (Å²) in [4.78, 5) is 24.3. The Morgan fingerprint density at radius 2 is 1.93 bits per heavy atom. The summed E-state index contributed by atoms with van der Waals surface area (Å²) in [7, 11) is 0. The van der Waals surface area contributed by atoms with Crippen LogP contribution >= 0.6 is 15.9 Å². The van der Waals surface area contributed by atoms with Gasteiger partial charge in [0.1, 0.15) is 23.2 Å². The molecule has 0 aliphatic rings. The van der Waals surface area contributed by atoms with Crippen molar-refractivity contribution in [1.82, 2.24) is 5.32 Å². The van der Waals surface area contributed by atoms with Gasteiger partial charge in [0.2, 0.25) is 0 Å². The fraction of sp³-hybridized carbons (Fsp3) is 0.0455. The quantitative estimate of drug-likeness (QED) is 0.258. The largest absolute Gasteiger partial charge is 0.467 e. The van der Waals surface area contributed by atoms with Crippen molar-refractivity contribution in [3.63, 3.8) is 0 Å². The monoisotopic (exact) mass is 450 g/mol. The van der Waals surface area contributed by atoms with Gasteiger partial charge < -0.3 is 14.5 Å². The van der Waals surface area contributed by atoms with Gasteiger partial charge in [-0.1, -0.05) is 34.1 Å². The molecule has 0 unspecified atom stereocenters. The van der Waals surface area contributed by atoms with Crippen molar-refractivity contribution in [3.05, 3.63) is 93.9 Å². The molecule has 0 fully saturated rings. The van der Waals surface area contributed by atoms with E-state index in [0.717, 1.165) is 4.47 Å². The summed E-state index contributed by atoms with van der Waals surface area (Å²) in [6, 6.07) is 18.7. The average Bonchev–Trinajstić information content (AvgIpc) is 3.25. The predicted octanol–water partition coefficient (Wildman–Crippen LogP) is 4.48. The molecule has 2 aromatic carbocycles. The summed E-state index contributed by atoms with van der Waals surface area (Å²) >= 11 is 3.31. The zero-order chi connectivity index (χ0) is 20.6. The molecule has 0 aliphatic heterocycles. The number of hydrogen-bond acceptors (Lipinski definition) is 5. The van der Waals surface area contributed by atoms with Crippen molar-refractivity contribution in [3.8, 4) is 11.8 Å². The van der Waals surface area contributed by atoms with E-state index in [2.05, 4.69) is 21.2 Å². The molecule has 0 radical (unpaired) electrons. The van der Waals surface area contributed by atoms with Crippen LogP contribution in [-0.4, -0.2) is 11.9 Å². The Morgan fingerprint density at radius 1 is 1.14 bits per heavy atom. The number of rotatable bonds is 6. The summed E-state index contributed by atoms with van der Waals surface area (Å²) in [6.45, 7) is 0.190. The maximum absolute atomic E-state index is 12.2. The summed E-state index contributed by atoms with van der Waals surface area (Å²) < 4.78 is 11.3. The van der Waals surface area contributed by atoms with Crippen molar-refractivity contribution in [2.24, 2.45) is 0 Å². The summed E-state index contributed by atoms with van der Waals surface area (Å²) in [5.74, 6) is -0.0428. The van der Waals surface area contributed by atoms with Crippen LogP contribution in [0, 0.1) is 11.3 Å². The van der Waals surface area contributed by atoms with E-state index in [1.165, 1.54) is 12.3 Å². The summed E-state index contributed by atoms with van der Waals surface area (Å²) in [6.07, 6.45) is 2.96. The number of benzene rings is 2. The number of nitrogens with zero attached hydrogens (tertiary/aromatic N) is 1. The van der Waals surface area contributed by atoms with Gasteiger partial charge in [0.15, 0.2) is 0 Å². The van der Waals surface area contributed by atoms with E-state index in [4.69, 9.17) is 9.15 Å². The smallest absolute Gasteiger partial charge is 0.343 e. The molecule has 7 heteroatoms. The minimum atomic E-state index is -0.506. The SMILES string of the molecule is N#C/C(=C\c1ccc(OC(=O)c2cccc(Br)c2)cc1)C(=O)NCc1ccco1. The van der Waals surface area contributed by atoms with Gasteiger partial charge in [0, 0.05) is 4.47 Å². The third-order valence-corrected chi connectivity index (χ3v) is 4.32. The van der Waals surface area contributed by atoms with Gasteiger partial charge in [-0.3, -0.25) is 4.79 Å². The van der Waals surface area contributed by atoms with Crippen LogP contribution in [0.3, 0.4) is 0 Å². The number of ether oxygens (including phenoxy) is 1. The van der Waals surface area contributed by atoms with E-state index in [-0.39, 0.29) is 12.1 Å². The number of carbonyl (C=O) groups is 2. The Balaban J connectivity index is 1.64. The van der Waals surface area contributed by atoms with E-state index in [1.807, 2.05) is 12.1 Å². The first-order valence-electron chi connectivity index (χ1n) is 8.55. The average molecular weight is 451 g/mol. The lowest BCUT2D eigenvalue weighted by Crippen LogP contribution is -2.23. The zero-order valence-corrected chi connectivity index (χ0v) is 16.7. The molecule has 1 N–H and O–H groups in total. The number of furan rings is 1. The first-order chi connectivity index (χ1) is 14.0. The highest BCUT2D eigenvalue weighted by Crippen LogP contribution is 2.18. The maximum atomic E-state index is 12.2. The van der Waals surface area contributed by atoms with Crippen molar-refractivity contribution in [1.29, 1.82) is 5.26 Å². The van der Waals surface area contributed by atoms with Crippen LogP contribution in [0.2, 0.25) is 0 Å². The molecule has 0 saturated heterocycles. The van der Waals surface area contributed by atoms with Crippen LogP contribution in [0.1, 0.15) is 21.7 Å². The van der Waals surface area contributed by atoms with Crippen molar-refractivity contribution in [2.75, 3.05) is 0 Å². The number of hydrogen-bond donors (Lipinski definition) is 1. The van der Waals surface area contributed by atoms with E-state index in [0.29, 0.717) is 22.6 Å². The number of halogens is 1. The van der Waals surface area contributed by atoms with E-state index >= 15 is 0 Å². The first-order valence-corrected chi connectivity index (χ1v) is 9.34. The molecular formula is C22H15BrN2O4. The molecule has 6 nitrogen and oxygen atoms in total. The summed E-state index contributed by atoms with van der Waals surface area (Å²) in [5.41, 5.74) is 0.996. The second kappa shape index (κ2) is 9.53. The molecule has 29 heavy (non-hydrogen) atoms. The van der Waals surface area contributed by atoms with Crippen LogP contribution in [-0.2, 0) is 11.3 Å². The number of nitriles is 1. The highest BCUT2D eigenvalue weighted by atomic mass is 79.9. The molecule has 0 spiro atoms. The van der Waals surface area contributed by atoms with Gasteiger partial charge in [-0.2, -0.15) is 5.26 Å². The number of amides is 1. The van der Waals surface area contributed by atoms with E-state index in [1.54, 1.807) is 54.6 Å². The van der Waals surface area contributed by atoms with Gasteiger partial charge >= 0.3 is 5.97 Å². The number of carbonyl (C=O) groups excluding carboxylic acids is 2. The van der Waals surface area contributed by atoms with Gasteiger partial charge in [0.05, 0.1) is 18.4 Å². The predicted molar refractivity (Wildman–Crippen MR) is 110 cm³/mol. The molecule has 1 heterocycles. The second-order valence-electron chi connectivity index (χ2n) is 5.90. The maximum Gasteiger partial charge on any atom is 0.343 e. The Hall–Kier alpha value is -3.63. The molecule has 0 bridgehead atoms. The lowest BCUT2D eigenvalue weighted by atomic mass is 10.1. The fourth-order valence-electron chi connectivity index (χ4n) is 2.40. The van der Waals surface area contributed by atoms with Crippen molar-refractivity contribution in [2.45, 2.75) is 6.54 Å². The van der Waals surface area contributed by atoms with Crippen LogP contribution in [0.15, 0.2) is 81.4 Å². The molecule has 144 valence electrons. The topological polar surface area (TPSA) is 92.3 Å². The van der Waals surface area contributed by atoms with E-state index in [9.17, 15) is 14.9 Å². The molecule has 0 saturated carbocycles. The molecule has 0 atom stereocenters.